The first-order valence-corrected chi connectivity index (χ1v) is 9.05. The minimum atomic E-state index is -2.87. The maximum Gasteiger partial charge on any atom is 0.387 e. The maximum atomic E-state index is 13.1. The number of carbonyl (C=O) groups is 1. The third-order valence-corrected chi connectivity index (χ3v) is 5.29. The Labute approximate surface area is 155 Å². The number of aromatic nitrogens is 3. The second-order valence-electron chi connectivity index (χ2n) is 6.90. The quantitative estimate of drug-likeness (QED) is 0.884. The molecule has 7 nitrogen and oxygen atoms in total. The number of hydrogen-bond donors (Lipinski definition) is 1. The molecule has 2 unspecified atom stereocenters. The summed E-state index contributed by atoms with van der Waals surface area (Å²) in [6.45, 7) is 0.645. The fourth-order valence-corrected chi connectivity index (χ4v) is 3.98. The summed E-state index contributed by atoms with van der Waals surface area (Å²) in [5.41, 5.74) is 1.59. The molecule has 3 heterocycles. The van der Waals surface area contributed by atoms with E-state index in [1.54, 1.807) is 19.1 Å². The van der Waals surface area contributed by atoms with Crippen molar-refractivity contribution in [2.24, 2.45) is 0 Å². The van der Waals surface area contributed by atoms with Gasteiger partial charge in [0.1, 0.15) is 5.75 Å². The fourth-order valence-electron chi connectivity index (χ4n) is 3.98. The van der Waals surface area contributed by atoms with Crippen molar-refractivity contribution in [2.75, 3.05) is 13.1 Å². The Kier molecular flexibility index (Phi) is 4.77. The lowest BCUT2D eigenvalue weighted by Crippen LogP contribution is -2.43. The van der Waals surface area contributed by atoms with Crippen LogP contribution in [-0.2, 0) is 0 Å². The number of ether oxygens (including phenoxy) is 1. The Bertz CT molecular complexity index is 810. The van der Waals surface area contributed by atoms with E-state index < -0.39 is 6.61 Å². The molecule has 0 radical (unpaired) electrons. The van der Waals surface area contributed by atoms with Crippen LogP contribution in [0.5, 0.6) is 5.75 Å². The lowest BCUT2D eigenvalue weighted by molar-refractivity contribution is -0.0498. The van der Waals surface area contributed by atoms with Gasteiger partial charge in [0.2, 0.25) is 0 Å². The van der Waals surface area contributed by atoms with Gasteiger partial charge in [-0.05, 0) is 57.0 Å². The highest BCUT2D eigenvalue weighted by Crippen LogP contribution is 2.30. The van der Waals surface area contributed by atoms with Crippen molar-refractivity contribution in [3.8, 4) is 11.4 Å². The average molecular weight is 377 g/mol. The highest BCUT2D eigenvalue weighted by atomic mass is 19.3. The van der Waals surface area contributed by atoms with Crippen LogP contribution < -0.4 is 10.1 Å². The summed E-state index contributed by atoms with van der Waals surface area (Å²) in [6.07, 6.45) is 2.97. The van der Waals surface area contributed by atoms with Gasteiger partial charge in [0.25, 0.3) is 5.91 Å². The highest BCUT2D eigenvalue weighted by Gasteiger charge is 2.39. The zero-order valence-corrected chi connectivity index (χ0v) is 14.9. The molecule has 1 aromatic heterocycles. The van der Waals surface area contributed by atoms with Gasteiger partial charge in [0.05, 0.1) is 11.4 Å². The molecular formula is C18H21F2N5O2. The predicted molar refractivity (Wildman–Crippen MR) is 93.2 cm³/mol. The van der Waals surface area contributed by atoms with Crippen LogP contribution in [0.1, 0.15) is 35.4 Å². The Balaban J connectivity index is 1.58. The van der Waals surface area contributed by atoms with Gasteiger partial charge < -0.3 is 15.0 Å². The molecule has 9 heteroatoms. The smallest absolute Gasteiger partial charge is 0.387 e. The van der Waals surface area contributed by atoms with E-state index in [1.165, 1.54) is 16.8 Å². The fraction of sp³-hybridized carbons (Fsp3) is 0.500. The normalized spacial score (nSPS) is 22.1. The van der Waals surface area contributed by atoms with Crippen molar-refractivity contribution >= 4 is 5.91 Å². The molecule has 2 atom stereocenters. The van der Waals surface area contributed by atoms with Gasteiger partial charge in [0.15, 0.2) is 5.69 Å². The molecule has 2 aliphatic heterocycles. The van der Waals surface area contributed by atoms with Crippen molar-refractivity contribution in [2.45, 2.75) is 44.9 Å². The van der Waals surface area contributed by atoms with Gasteiger partial charge in [-0.3, -0.25) is 4.79 Å². The Morgan fingerprint density at radius 2 is 1.96 bits per heavy atom. The number of benzene rings is 1. The maximum absolute atomic E-state index is 13.1. The van der Waals surface area contributed by atoms with Gasteiger partial charge in [-0.2, -0.15) is 8.78 Å². The lowest BCUT2D eigenvalue weighted by atomic mass is 10.1. The molecule has 1 N–H and O–H groups in total. The summed E-state index contributed by atoms with van der Waals surface area (Å²) < 4.78 is 30.4. The third-order valence-electron chi connectivity index (χ3n) is 5.29. The Morgan fingerprint density at radius 1 is 1.22 bits per heavy atom. The lowest BCUT2D eigenvalue weighted by Gasteiger charge is -2.27. The number of nitrogens with one attached hydrogen (secondary N) is 1. The zero-order valence-electron chi connectivity index (χ0n) is 14.9. The van der Waals surface area contributed by atoms with Crippen LogP contribution in [0.15, 0.2) is 24.3 Å². The molecule has 2 bridgehead atoms. The second-order valence-corrected chi connectivity index (χ2v) is 6.90. The van der Waals surface area contributed by atoms with E-state index in [1.807, 2.05) is 4.90 Å². The molecule has 2 saturated heterocycles. The number of nitrogens with zero attached hydrogens (tertiary/aromatic N) is 4. The van der Waals surface area contributed by atoms with Crippen LogP contribution in [0.3, 0.4) is 0 Å². The van der Waals surface area contributed by atoms with E-state index in [9.17, 15) is 13.6 Å². The van der Waals surface area contributed by atoms with Crippen molar-refractivity contribution in [1.82, 2.24) is 25.2 Å². The SMILES string of the molecule is Cc1c(C(=O)N2C3CCNCC2CC3)nnn1-c1ccc(OC(F)F)cc1. The van der Waals surface area contributed by atoms with Gasteiger partial charge in [0, 0.05) is 18.6 Å². The molecule has 27 heavy (non-hydrogen) atoms. The Morgan fingerprint density at radius 3 is 2.70 bits per heavy atom. The first-order chi connectivity index (χ1) is 13.0. The summed E-state index contributed by atoms with van der Waals surface area (Å²) in [4.78, 5) is 15.1. The number of amides is 1. The standard InChI is InChI=1S/C18H21F2N5O2/c1-11-16(17(26)24-12-2-3-14(24)10-21-9-8-12)22-23-25(11)13-4-6-15(7-5-13)27-18(19)20/h4-7,12,14,18,21H,2-3,8-10H2,1H3. The molecule has 2 fully saturated rings. The van der Waals surface area contributed by atoms with Gasteiger partial charge in [-0.1, -0.05) is 5.21 Å². The van der Waals surface area contributed by atoms with Gasteiger partial charge in [-0.15, -0.1) is 5.10 Å². The molecular weight excluding hydrogens is 356 g/mol. The Hall–Kier alpha value is -2.55. The number of fused-ring (bicyclic) bond motifs is 2. The van der Waals surface area contributed by atoms with E-state index in [0.717, 1.165) is 32.4 Å². The largest absolute Gasteiger partial charge is 0.435 e. The van der Waals surface area contributed by atoms with Crippen molar-refractivity contribution in [1.29, 1.82) is 0 Å². The van der Waals surface area contributed by atoms with Crippen molar-refractivity contribution in [3.63, 3.8) is 0 Å². The minimum Gasteiger partial charge on any atom is -0.435 e. The molecule has 0 spiro atoms. The minimum absolute atomic E-state index is 0.0662. The molecule has 2 aliphatic rings. The van der Waals surface area contributed by atoms with Crippen LogP contribution in [0.25, 0.3) is 5.69 Å². The molecule has 4 rings (SSSR count). The van der Waals surface area contributed by atoms with Crippen LogP contribution in [0, 0.1) is 6.92 Å². The number of hydrogen-bond acceptors (Lipinski definition) is 5. The van der Waals surface area contributed by atoms with E-state index in [2.05, 4.69) is 20.4 Å². The molecule has 144 valence electrons. The monoisotopic (exact) mass is 377 g/mol. The van der Waals surface area contributed by atoms with Crippen molar-refractivity contribution < 1.29 is 18.3 Å². The van der Waals surface area contributed by atoms with Crippen LogP contribution in [-0.4, -0.2) is 57.6 Å². The third kappa shape index (κ3) is 3.39. The summed E-state index contributed by atoms with van der Waals surface area (Å²) in [7, 11) is 0. The van der Waals surface area contributed by atoms with Gasteiger partial charge in [-0.25, -0.2) is 4.68 Å². The summed E-state index contributed by atoms with van der Waals surface area (Å²) in [5.74, 6) is -0.0240. The number of halogens is 2. The van der Waals surface area contributed by atoms with Crippen LogP contribution in [0.2, 0.25) is 0 Å². The number of alkyl halides is 2. The summed E-state index contributed by atoms with van der Waals surface area (Å²) in [5, 5.41) is 11.6. The van der Waals surface area contributed by atoms with Crippen molar-refractivity contribution in [3.05, 3.63) is 35.7 Å². The summed E-state index contributed by atoms with van der Waals surface area (Å²) in [6, 6.07) is 6.52. The number of rotatable bonds is 4. The highest BCUT2D eigenvalue weighted by molar-refractivity contribution is 5.94. The molecule has 0 aliphatic carbocycles. The zero-order chi connectivity index (χ0) is 19.0. The molecule has 1 amide bonds. The summed E-state index contributed by atoms with van der Waals surface area (Å²) >= 11 is 0. The molecule has 1 aromatic carbocycles. The topological polar surface area (TPSA) is 72.3 Å². The van der Waals surface area contributed by atoms with Crippen LogP contribution >= 0.6 is 0 Å². The van der Waals surface area contributed by atoms with E-state index in [4.69, 9.17) is 0 Å². The second kappa shape index (κ2) is 7.22. The molecule has 0 saturated carbocycles. The number of carbonyl (C=O) groups excluding carboxylic acids is 1. The molecule has 2 aromatic rings. The predicted octanol–water partition coefficient (Wildman–Crippen LogP) is 2.14. The van der Waals surface area contributed by atoms with Gasteiger partial charge >= 0.3 is 6.61 Å². The average Bonchev–Trinajstić information content (AvgIpc) is 3.13. The first kappa shape index (κ1) is 17.8. The first-order valence-electron chi connectivity index (χ1n) is 9.05. The van der Waals surface area contributed by atoms with E-state index >= 15 is 0 Å². The van der Waals surface area contributed by atoms with E-state index in [-0.39, 0.29) is 23.7 Å². The van der Waals surface area contributed by atoms with Crippen LogP contribution in [0.4, 0.5) is 8.78 Å². The van der Waals surface area contributed by atoms with E-state index in [0.29, 0.717) is 17.1 Å².